The Labute approximate surface area is 128 Å². The summed E-state index contributed by atoms with van der Waals surface area (Å²) >= 11 is 0. The summed E-state index contributed by atoms with van der Waals surface area (Å²) in [6.07, 6.45) is 5.20. The number of aromatic nitrogens is 2. The number of nitrogens with two attached hydrogens (primary N) is 1. The van der Waals surface area contributed by atoms with Crippen molar-refractivity contribution in [1.29, 1.82) is 0 Å². The third kappa shape index (κ3) is 3.09. The van der Waals surface area contributed by atoms with Crippen LogP contribution in [-0.2, 0) is 6.54 Å². The number of furan rings is 1. The maximum absolute atomic E-state index is 12.1. The van der Waals surface area contributed by atoms with E-state index in [-0.39, 0.29) is 18.5 Å². The quantitative estimate of drug-likeness (QED) is 0.852. The van der Waals surface area contributed by atoms with Crippen molar-refractivity contribution in [3.05, 3.63) is 42.0 Å². The molecule has 2 aromatic rings. The number of amides is 1. The summed E-state index contributed by atoms with van der Waals surface area (Å²) in [5, 5.41) is 11.0. The van der Waals surface area contributed by atoms with Crippen molar-refractivity contribution in [2.75, 3.05) is 18.0 Å². The molecule has 2 aromatic heterocycles. The molecule has 0 radical (unpaired) electrons. The van der Waals surface area contributed by atoms with Gasteiger partial charge in [0.2, 0.25) is 0 Å². The van der Waals surface area contributed by atoms with E-state index in [1.54, 1.807) is 12.3 Å². The Hall–Kier alpha value is -2.41. The topological polar surface area (TPSA) is 97.3 Å². The SMILES string of the molecule is NCc1cc(C(=O)NCC2CCCN2c2cccnn2)co1. The highest BCUT2D eigenvalue weighted by atomic mass is 16.3. The monoisotopic (exact) mass is 301 g/mol. The second-order valence-electron chi connectivity index (χ2n) is 5.29. The van der Waals surface area contributed by atoms with Gasteiger partial charge < -0.3 is 20.4 Å². The summed E-state index contributed by atoms with van der Waals surface area (Å²) in [4.78, 5) is 14.3. The molecule has 0 aliphatic carbocycles. The highest BCUT2D eigenvalue weighted by molar-refractivity contribution is 5.94. The van der Waals surface area contributed by atoms with Gasteiger partial charge in [-0.2, -0.15) is 5.10 Å². The Balaban J connectivity index is 1.59. The van der Waals surface area contributed by atoms with Crippen LogP contribution >= 0.6 is 0 Å². The average molecular weight is 301 g/mol. The van der Waals surface area contributed by atoms with Crippen LogP contribution < -0.4 is 16.0 Å². The van der Waals surface area contributed by atoms with Gasteiger partial charge in [-0.3, -0.25) is 4.79 Å². The van der Waals surface area contributed by atoms with Crippen LogP contribution in [0.4, 0.5) is 5.82 Å². The molecule has 3 rings (SSSR count). The lowest BCUT2D eigenvalue weighted by molar-refractivity contribution is 0.0950. The van der Waals surface area contributed by atoms with E-state index in [4.69, 9.17) is 10.2 Å². The van der Waals surface area contributed by atoms with Gasteiger partial charge in [0.05, 0.1) is 12.1 Å². The number of anilines is 1. The molecule has 0 saturated carbocycles. The summed E-state index contributed by atoms with van der Waals surface area (Å²) in [7, 11) is 0. The summed E-state index contributed by atoms with van der Waals surface area (Å²) in [6, 6.07) is 5.72. The zero-order valence-electron chi connectivity index (χ0n) is 12.2. The maximum Gasteiger partial charge on any atom is 0.254 e. The molecule has 1 fully saturated rings. The number of nitrogens with zero attached hydrogens (tertiary/aromatic N) is 3. The van der Waals surface area contributed by atoms with E-state index in [1.807, 2.05) is 12.1 Å². The van der Waals surface area contributed by atoms with Crippen molar-refractivity contribution < 1.29 is 9.21 Å². The predicted molar refractivity (Wildman–Crippen MR) is 81.3 cm³/mol. The Kier molecular flexibility index (Phi) is 4.34. The van der Waals surface area contributed by atoms with Gasteiger partial charge in [0.25, 0.3) is 5.91 Å². The number of hydrogen-bond donors (Lipinski definition) is 2. The molecule has 1 unspecified atom stereocenters. The van der Waals surface area contributed by atoms with Gasteiger partial charge in [-0.1, -0.05) is 0 Å². The fourth-order valence-electron chi connectivity index (χ4n) is 2.72. The normalized spacial score (nSPS) is 17.7. The second kappa shape index (κ2) is 6.57. The van der Waals surface area contributed by atoms with Crippen LogP contribution in [0.25, 0.3) is 0 Å². The van der Waals surface area contributed by atoms with E-state index in [0.29, 0.717) is 17.9 Å². The first-order valence-corrected chi connectivity index (χ1v) is 7.38. The van der Waals surface area contributed by atoms with Gasteiger partial charge in [0.1, 0.15) is 12.0 Å². The number of carbonyl (C=O) groups is 1. The van der Waals surface area contributed by atoms with E-state index >= 15 is 0 Å². The molecular weight excluding hydrogens is 282 g/mol. The van der Waals surface area contributed by atoms with E-state index in [2.05, 4.69) is 20.4 Å². The largest absolute Gasteiger partial charge is 0.467 e. The van der Waals surface area contributed by atoms with Crippen molar-refractivity contribution in [3.63, 3.8) is 0 Å². The molecule has 0 spiro atoms. The Morgan fingerprint density at radius 2 is 2.45 bits per heavy atom. The van der Waals surface area contributed by atoms with Crippen LogP contribution in [0.5, 0.6) is 0 Å². The van der Waals surface area contributed by atoms with Gasteiger partial charge in [0.15, 0.2) is 5.82 Å². The van der Waals surface area contributed by atoms with E-state index in [0.717, 1.165) is 25.2 Å². The minimum atomic E-state index is -0.144. The van der Waals surface area contributed by atoms with Gasteiger partial charge >= 0.3 is 0 Å². The molecule has 22 heavy (non-hydrogen) atoms. The van der Waals surface area contributed by atoms with Crippen molar-refractivity contribution in [3.8, 4) is 0 Å². The number of hydrogen-bond acceptors (Lipinski definition) is 6. The van der Waals surface area contributed by atoms with Crippen molar-refractivity contribution in [1.82, 2.24) is 15.5 Å². The minimum Gasteiger partial charge on any atom is -0.467 e. The van der Waals surface area contributed by atoms with Crippen LogP contribution in [0, 0.1) is 0 Å². The molecule has 0 bridgehead atoms. The Morgan fingerprint density at radius 3 is 3.18 bits per heavy atom. The lowest BCUT2D eigenvalue weighted by Gasteiger charge is -2.25. The molecule has 1 amide bonds. The molecular formula is C15H19N5O2. The average Bonchev–Trinajstić information content (AvgIpc) is 3.22. The molecule has 3 heterocycles. The van der Waals surface area contributed by atoms with E-state index in [1.165, 1.54) is 6.26 Å². The summed E-state index contributed by atoms with van der Waals surface area (Å²) in [5.41, 5.74) is 5.98. The van der Waals surface area contributed by atoms with Crippen molar-refractivity contribution >= 4 is 11.7 Å². The fraction of sp³-hybridized carbons (Fsp3) is 0.400. The molecule has 1 atom stereocenters. The second-order valence-corrected chi connectivity index (χ2v) is 5.29. The highest BCUT2D eigenvalue weighted by Crippen LogP contribution is 2.22. The van der Waals surface area contributed by atoms with Gasteiger partial charge in [0, 0.05) is 25.3 Å². The van der Waals surface area contributed by atoms with Crippen LogP contribution in [0.3, 0.4) is 0 Å². The van der Waals surface area contributed by atoms with Gasteiger partial charge in [-0.15, -0.1) is 5.10 Å². The molecule has 3 N–H and O–H groups in total. The zero-order chi connectivity index (χ0) is 15.4. The number of rotatable bonds is 5. The van der Waals surface area contributed by atoms with E-state index < -0.39 is 0 Å². The van der Waals surface area contributed by atoms with Crippen molar-refractivity contribution in [2.24, 2.45) is 5.73 Å². The Bertz CT molecular complexity index is 628. The van der Waals surface area contributed by atoms with Gasteiger partial charge in [-0.25, -0.2) is 0 Å². The van der Waals surface area contributed by atoms with Gasteiger partial charge in [-0.05, 0) is 31.0 Å². The first-order chi connectivity index (χ1) is 10.8. The zero-order valence-corrected chi connectivity index (χ0v) is 12.2. The standard InChI is InChI=1S/C15H19N5O2/c16-8-13-7-11(10-22-13)15(21)17-9-12-3-2-6-20(12)14-4-1-5-18-19-14/h1,4-5,7,10,12H,2-3,6,8-9,16H2,(H,17,21). The van der Waals surface area contributed by atoms with Crippen molar-refractivity contribution in [2.45, 2.75) is 25.4 Å². The maximum atomic E-state index is 12.1. The smallest absolute Gasteiger partial charge is 0.254 e. The van der Waals surface area contributed by atoms with Crippen LogP contribution in [0.15, 0.2) is 35.1 Å². The Morgan fingerprint density at radius 1 is 1.55 bits per heavy atom. The predicted octanol–water partition coefficient (Wildman–Crippen LogP) is 0.927. The first-order valence-electron chi connectivity index (χ1n) is 7.38. The molecule has 1 saturated heterocycles. The highest BCUT2D eigenvalue weighted by Gasteiger charge is 2.26. The molecule has 1 aliphatic rings. The summed E-state index contributed by atoms with van der Waals surface area (Å²) < 4.78 is 5.18. The lowest BCUT2D eigenvalue weighted by Crippen LogP contribution is -2.40. The third-order valence-corrected chi connectivity index (χ3v) is 3.85. The number of nitrogens with one attached hydrogen (secondary N) is 1. The molecule has 7 nitrogen and oxygen atoms in total. The molecule has 116 valence electrons. The number of carbonyl (C=O) groups excluding carboxylic acids is 1. The minimum absolute atomic E-state index is 0.144. The molecule has 0 aromatic carbocycles. The van der Waals surface area contributed by atoms with Crippen LogP contribution in [-0.4, -0.2) is 35.2 Å². The summed E-state index contributed by atoms with van der Waals surface area (Å²) in [6.45, 7) is 1.79. The van der Waals surface area contributed by atoms with E-state index in [9.17, 15) is 4.79 Å². The lowest BCUT2D eigenvalue weighted by atomic mass is 10.2. The first kappa shape index (κ1) is 14.5. The van der Waals surface area contributed by atoms with Crippen LogP contribution in [0.1, 0.15) is 29.0 Å². The molecule has 7 heteroatoms. The molecule has 1 aliphatic heterocycles. The summed E-state index contributed by atoms with van der Waals surface area (Å²) in [5.74, 6) is 1.31. The third-order valence-electron chi connectivity index (χ3n) is 3.85. The fourth-order valence-corrected chi connectivity index (χ4v) is 2.72. The van der Waals surface area contributed by atoms with Crippen LogP contribution in [0.2, 0.25) is 0 Å².